The SMILES string of the molecule is COc1ccc2c(=O)c(O)c(-c3ccc(F)cc3)oc2c1. The predicted octanol–water partition coefficient (Wildman–Crippen LogP) is 3.31. The van der Waals surface area contributed by atoms with Crippen LogP contribution in [0.25, 0.3) is 22.3 Å². The Labute approximate surface area is 119 Å². The maximum atomic E-state index is 13.0. The third-order valence-corrected chi connectivity index (χ3v) is 3.18. The molecule has 0 aliphatic rings. The molecule has 0 aliphatic heterocycles. The number of benzene rings is 2. The van der Waals surface area contributed by atoms with Crippen molar-refractivity contribution < 1.29 is 18.7 Å². The first-order valence-electron chi connectivity index (χ1n) is 6.20. The average molecular weight is 286 g/mol. The second-order valence-corrected chi connectivity index (χ2v) is 4.48. The maximum absolute atomic E-state index is 13.0. The molecular weight excluding hydrogens is 275 g/mol. The summed E-state index contributed by atoms with van der Waals surface area (Å²) in [6.07, 6.45) is 0. The molecule has 0 aliphatic carbocycles. The summed E-state index contributed by atoms with van der Waals surface area (Å²) in [5.41, 5.74) is 0.158. The first-order chi connectivity index (χ1) is 10.1. The average Bonchev–Trinajstić information content (AvgIpc) is 2.51. The molecule has 4 nitrogen and oxygen atoms in total. The minimum atomic E-state index is -0.543. The van der Waals surface area contributed by atoms with Gasteiger partial charge in [0.2, 0.25) is 11.2 Å². The normalized spacial score (nSPS) is 10.8. The van der Waals surface area contributed by atoms with Crippen LogP contribution in [0.1, 0.15) is 0 Å². The topological polar surface area (TPSA) is 59.7 Å². The fourth-order valence-corrected chi connectivity index (χ4v) is 2.09. The van der Waals surface area contributed by atoms with Crippen LogP contribution in [0.3, 0.4) is 0 Å². The molecule has 21 heavy (non-hydrogen) atoms. The summed E-state index contributed by atoms with van der Waals surface area (Å²) in [7, 11) is 1.50. The van der Waals surface area contributed by atoms with E-state index in [2.05, 4.69) is 0 Å². The van der Waals surface area contributed by atoms with Crippen molar-refractivity contribution in [2.45, 2.75) is 0 Å². The smallest absolute Gasteiger partial charge is 0.235 e. The van der Waals surface area contributed by atoms with Gasteiger partial charge >= 0.3 is 0 Å². The van der Waals surface area contributed by atoms with Gasteiger partial charge in [-0.05, 0) is 36.4 Å². The highest BCUT2D eigenvalue weighted by atomic mass is 19.1. The van der Waals surface area contributed by atoms with E-state index >= 15 is 0 Å². The Morgan fingerprint density at radius 3 is 2.52 bits per heavy atom. The lowest BCUT2D eigenvalue weighted by molar-refractivity contribution is 0.413. The number of ether oxygens (including phenoxy) is 1. The molecule has 0 fully saturated rings. The number of fused-ring (bicyclic) bond motifs is 1. The Bertz CT molecular complexity index is 866. The zero-order valence-corrected chi connectivity index (χ0v) is 11.1. The van der Waals surface area contributed by atoms with Crippen molar-refractivity contribution in [2.24, 2.45) is 0 Å². The molecule has 2 aromatic carbocycles. The summed E-state index contributed by atoms with van der Waals surface area (Å²) in [6, 6.07) is 10.0. The van der Waals surface area contributed by atoms with E-state index in [1.54, 1.807) is 12.1 Å². The molecule has 106 valence electrons. The molecule has 1 N–H and O–H groups in total. The summed E-state index contributed by atoms with van der Waals surface area (Å²) in [6.45, 7) is 0. The van der Waals surface area contributed by atoms with Crippen molar-refractivity contribution in [1.82, 2.24) is 0 Å². The van der Waals surface area contributed by atoms with Gasteiger partial charge in [-0.1, -0.05) is 0 Å². The summed E-state index contributed by atoms with van der Waals surface area (Å²) in [5, 5.41) is 10.3. The lowest BCUT2D eigenvalue weighted by Gasteiger charge is -2.07. The van der Waals surface area contributed by atoms with Crippen LogP contribution < -0.4 is 10.2 Å². The number of rotatable bonds is 2. The molecule has 0 radical (unpaired) electrons. The minimum absolute atomic E-state index is 0.000697. The highest BCUT2D eigenvalue weighted by Crippen LogP contribution is 2.31. The van der Waals surface area contributed by atoms with Gasteiger partial charge in [0.05, 0.1) is 12.5 Å². The molecule has 5 heteroatoms. The minimum Gasteiger partial charge on any atom is -0.502 e. The fourth-order valence-electron chi connectivity index (χ4n) is 2.09. The van der Waals surface area contributed by atoms with Gasteiger partial charge in [0.1, 0.15) is 17.1 Å². The van der Waals surface area contributed by atoms with E-state index in [1.165, 1.54) is 37.4 Å². The van der Waals surface area contributed by atoms with E-state index in [1.807, 2.05) is 0 Å². The van der Waals surface area contributed by atoms with Crippen molar-refractivity contribution in [1.29, 1.82) is 0 Å². The number of halogens is 1. The molecule has 3 rings (SSSR count). The van der Waals surface area contributed by atoms with Crippen molar-refractivity contribution in [3.8, 4) is 22.8 Å². The lowest BCUT2D eigenvalue weighted by Crippen LogP contribution is -2.02. The van der Waals surface area contributed by atoms with E-state index in [-0.39, 0.29) is 16.7 Å². The quantitative estimate of drug-likeness (QED) is 0.785. The Kier molecular flexibility index (Phi) is 3.10. The summed E-state index contributed by atoms with van der Waals surface area (Å²) in [5.74, 6) is -0.385. The third-order valence-electron chi connectivity index (χ3n) is 3.18. The second kappa shape index (κ2) is 4.94. The summed E-state index contributed by atoms with van der Waals surface area (Å²) >= 11 is 0. The molecule has 0 atom stereocenters. The van der Waals surface area contributed by atoms with Crippen LogP contribution in [0.15, 0.2) is 51.7 Å². The highest BCUT2D eigenvalue weighted by molar-refractivity contribution is 5.82. The second-order valence-electron chi connectivity index (χ2n) is 4.48. The first kappa shape index (κ1) is 13.2. The zero-order chi connectivity index (χ0) is 15.0. The van der Waals surface area contributed by atoms with Gasteiger partial charge in [0, 0.05) is 11.6 Å². The van der Waals surface area contributed by atoms with Crippen LogP contribution in [-0.2, 0) is 0 Å². The van der Waals surface area contributed by atoms with Crippen LogP contribution in [0.2, 0.25) is 0 Å². The molecule has 0 spiro atoms. The van der Waals surface area contributed by atoms with Gasteiger partial charge in [-0.15, -0.1) is 0 Å². The number of aromatic hydroxyl groups is 1. The van der Waals surface area contributed by atoms with Crippen LogP contribution in [-0.4, -0.2) is 12.2 Å². The van der Waals surface area contributed by atoms with E-state index in [9.17, 15) is 14.3 Å². The molecule has 0 bridgehead atoms. The van der Waals surface area contributed by atoms with E-state index in [4.69, 9.17) is 9.15 Å². The Hall–Kier alpha value is -2.82. The molecule has 0 unspecified atom stereocenters. The van der Waals surface area contributed by atoms with Gasteiger partial charge in [0.15, 0.2) is 5.76 Å². The van der Waals surface area contributed by atoms with Crippen LogP contribution in [0.5, 0.6) is 11.5 Å². The van der Waals surface area contributed by atoms with Crippen LogP contribution >= 0.6 is 0 Å². The first-order valence-corrected chi connectivity index (χ1v) is 6.20. The van der Waals surface area contributed by atoms with E-state index in [0.29, 0.717) is 11.3 Å². The molecule has 1 aromatic heterocycles. The number of methoxy groups -OCH3 is 1. The summed E-state index contributed by atoms with van der Waals surface area (Å²) < 4.78 is 23.6. The van der Waals surface area contributed by atoms with E-state index < -0.39 is 17.0 Å². The Morgan fingerprint density at radius 2 is 1.86 bits per heavy atom. The number of hydrogen-bond acceptors (Lipinski definition) is 4. The highest BCUT2D eigenvalue weighted by Gasteiger charge is 2.15. The van der Waals surface area contributed by atoms with Gasteiger partial charge < -0.3 is 14.3 Å². The predicted molar refractivity (Wildman–Crippen MR) is 76.1 cm³/mol. The molecule has 0 saturated carbocycles. The maximum Gasteiger partial charge on any atom is 0.235 e. The van der Waals surface area contributed by atoms with Crippen molar-refractivity contribution >= 4 is 11.0 Å². The van der Waals surface area contributed by atoms with Gasteiger partial charge in [-0.3, -0.25) is 4.79 Å². The van der Waals surface area contributed by atoms with Gasteiger partial charge in [-0.25, -0.2) is 4.39 Å². The Morgan fingerprint density at radius 1 is 1.14 bits per heavy atom. The van der Waals surface area contributed by atoms with Gasteiger partial charge in [-0.2, -0.15) is 0 Å². The van der Waals surface area contributed by atoms with Crippen molar-refractivity contribution in [3.63, 3.8) is 0 Å². The number of hydrogen-bond donors (Lipinski definition) is 1. The monoisotopic (exact) mass is 286 g/mol. The van der Waals surface area contributed by atoms with Crippen LogP contribution in [0, 0.1) is 5.82 Å². The molecular formula is C16H11FO4. The molecule has 0 saturated heterocycles. The molecule has 0 amide bonds. The third kappa shape index (κ3) is 2.23. The van der Waals surface area contributed by atoms with Gasteiger partial charge in [0.25, 0.3) is 0 Å². The summed E-state index contributed by atoms with van der Waals surface area (Å²) in [4.78, 5) is 12.2. The molecule has 1 heterocycles. The largest absolute Gasteiger partial charge is 0.502 e. The van der Waals surface area contributed by atoms with E-state index in [0.717, 1.165) is 0 Å². The van der Waals surface area contributed by atoms with Crippen molar-refractivity contribution in [2.75, 3.05) is 7.11 Å². The Balaban J connectivity index is 2.30. The lowest BCUT2D eigenvalue weighted by atomic mass is 10.1. The standard InChI is InChI=1S/C16H11FO4/c1-20-11-6-7-12-13(8-11)21-16(15(19)14(12)18)9-2-4-10(17)5-3-9/h2-8,19H,1H3. The fraction of sp³-hybridized carbons (Fsp3) is 0.0625. The van der Waals surface area contributed by atoms with Crippen molar-refractivity contribution in [3.05, 3.63) is 58.5 Å². The zero-order valence-electron chi connectivity index (χ0n) is 11.1. The van der Waals surface area contributed by atoms with Crippen LogP contribution in [0.4, 0.5) is 4.39 Å². The molecule has 3 aromatic rings.